The van der Waals surface area contributed by atoms with E-state index in [1.165, 1.54) is 0 Å². The predicted molar refractivity (Wildman–Crippen MR) is 183 cm³/mol. The van der Waals surface area contributed by atoms with E-state index in [0.29, 0.717) is 44.2 Å². The number of esters is 1. The minimum absolute atomic E-state index is 0.0365. The largest absolute Gasteiger partial charge is 0.460 e. The Hall–Kier alpha value is -3.54. The molecule has 2 aromatic carbocycles. The first-order valence-corrected chi connectivity index (χ1v) is 17.3. The minimum Gasteiger partial charge on any atom is -0.460 e. The summed E-state index contributed by atoms with van der Waals surface area (Å²) in [5.74, 6) is -3.20. The summed E-state index contributed by atoms with van der Waals surface area (Å²) in [5, 5.41) is 14.1. The summed E-state index contributed by atoms with van der Waals surface area (Å²) in [5.41, 5.74) is -0.574. The Bertz CT molecular complexity index is 1520. The van der Waals surface area contributed by atoms with E-state index in [1.807, 2.05) is 42.5 Å². The molecule has 0 aromatic heterocycles. The predicted octanol–water partition coefficient (Wildman–Crippen LogP) is 4.28. The quantitative estimate of drug-likeness (QED) is 0.115. The molecule has 10 nitrogen and oxygen atoms in total. The van der Waals surface area contributed by atoms with Crippen molar-refractivity contribution in [2.45, 2.75) is 74.1 Å². The third-order valence-corrected chi connectivity index (χ3v) is 10.3. The second-order valence-electron chi connectivity index (χ2n) is 12.6. The van der Waals surface area contributed by atoms with Gasteiger partial charge in [0, 0.05) is 36.6 Å². The number of hydrogen-bond acceptors (Lipinski definition) is 7. The Labute approximate surface area is 284 Å². The van der Waals surface area contributed by atoms with Crippen LogP contribution in [0.25, 0.3) is 10.8 Å². The number of amides is 3. The summed E-state index contributed by atoms with van der Waals surface area (Å²) in [4.78, 5) is 58.0. The standard InChI is InChI=1S/C36H44BrN3O7/c1-4-6-14-28(42)38-22-23(3)46-35(45)29-30-33(43)40(18-10-7-11-19-41)32(36(30)21-27(37)31(29)47-36)34(44)39(17-5-2)26-16-15-24-12-8-9-13-25(24)20-26/h4-5,8-9,12-13,15-16,20,23,27,29-32,41H,1-2,6-7,10-11,14,17-19,21-22H2,3H3,(H,38,42)/t23-,27?,29-,30+,31-,32-,36+/m0/s1. The topological polar surface area (TPSA) is 125 Å². The highest BCUT2D eigenvalue weighted by molar-refractivity contribution is 9.09. The molecule has 3 fully saturated rings. The maximum absolute atomic E-state index is 14.8. The second-order valence-corrected chi connectivity index (χ2v) is 13.8. The van der Waals surface area contributed by atoms with Gasteiger partial charge in [-0.2, -0.15) is 0 Å². The van der Waals surface area contributed by atoms with Gasteiger partial charge in [-0.15, -0.1) is 13.2 Å². The third kappa shape index (κ3) is 6.89. The summed E-state index contributed by atoms with van der Waals surface area (Å²) >= 11 is 3.71. The Kier molecular flexibility index (Phi) is 11.2. The van der Waals surface area contributed by atoms with Crippen molar-refractivity contribution in [2.75, 3.05) is 31.1 Å². The summed E-state index contributed by atoms with van der Waals surface area (Å²) in [6, 6.07) is 12.7. The van der Waals surface area contributed by atoms with Gasteiger partial charge in [-0.05, 0) is 61.9 Å². The highest BCUT2D eigenvalue weighted by Gasteiger charge is 2.77. The number of aliphatic hydroxyl groups excluding tert-OH is 1. The number of fused-ring (bicyclic) bond motifs is 2. The summed E-state index contributed by atoms with van der Waals surface area (Å²) in [6.45, 7) is 9.87. The smallest absolute Gasteiger partial charge is 0.312 e. The Morgan fingerprint density at radius 2 is 1.94 bits per heavy atom. The van der Waals surface area contributed by atoms with Crippen LogP contribution in [0.4, 0.5) is 5.69 Å². The van der Waals surface area contributed by atoms with Gasteiger partial charge in [-0.3, -0.25) is 19.2 Å². The monoisotopic (exact) mass is 709 g/mol. The maximum atomic E-state index is 14.8. The fraction of sp³-hybridized carbons (Fsp3) is 0.500. The first-order valence-electron chi connectivity index (χ1n) is 16.4. The van der Waals surface area contributed by atoms with Gasteiger partial charge in [0.1, 0.15) is 17.7 Å². The van der Waals surface area contributed by atoms with Gasteiger partial charge >= 0.3 is 5.97 Å². The normalized spacial score (nSPS) is 26.6. The molecule has 3 saturated heterocycles. The van der Waals surface area contributed by atoms with E-state index in [2.05, 4.69) is 34.4 Å². The average Bonchev–Trinajstić information content (AvgIpc) is 3.66. The SMILES string of the molecule is C=CCCC(=O)NC[C@H](C)OC(=O)[C@@H]1[C@H]2O[C@@]3(CC2Br)[C@H](C(=O)N(CC=C)c2ccc4ccccc4c2)N(CCCCCO)C(=O)[C@@H]13. The van der Waals surface area contributed by atoms with Gasteiger partial charge < -0.3 is 29.7 Å². The molecule has 252 valence electrons. The van der Waals surface area contributed by atoms with Crippen LogP contribution in [0.3, 0.4) is 0 Å². The van der Waals surface area contributed by atoms with E-state index >= 15 is 0 Å². The van der Waals surface area contributed by atoms with Gasteiger partial charge in [0.25, 0.3) is 5.91 Å². The lowest BCUT2D eigenvalue weighted by molar-refractivity contribution is -0.159. The Morgan fingerprint density at radius 3 is 2.66 bits per heavy atom. The zero-order valence-electron chi connectivity index (χ0n) is 26.8. The van der Waals surface area contributed by atoms with Crippen LogP contribution in [0.2, 0.25) is 0 Å². The van der Waals surface area contributed by atoms with Crippen molar-refractivity contribution in [3.8, 4) is 0 Å². The second kappa shape index (κ2) is 15.1. The molecule has 3 amide bonds. The van der Waals surface area contributed by atoms with Gasteiger partial charge in [0.15, 0.2) is 0 Å². The molecule has 5 rings (SSSR count). The fourth-order valence-electron chi connectivity index (χ4n) is 7.33. The number of likely N-dealkylation sites (tertiary alicyclic amines) is 1. The molecule has 0 saturated carbocycles. The molecule has 3 aliphatic rings. The number of benzene rings is 2. The lowest BCUT2D eigenvalue weighted by Crippen LogP contribution is -2.57. The number of aliphatic hydroxyl groups is 1. The molecule has 3 heterocycles. The number of rotatable bonds is 16. The number of carbonyl (C=O) groups excluding carboxylic acids is 4. The molecule has 7 atom stereocenters. The first-order chi connectivity index (χ1) is 22.7. The van der Waals surface area contributed by atoms with Crippen LogP contribution < -0.4 is 10.2 Å². The van der Waals surface area contributed by atoms with Crippen molar-refractivity contribution in [1.82, 2.24) is 10.2 Å². The number of ether oxygens (including phenoxy) is 2. The highest BCUT2D eigenvalue weighted by atomic mass is 79.9. The molecule has 0 aliphatic carbocycles. The van der Waals surface area contributed by atoms with Crippen LogP contribution in [0.1, 0.15) is 45.4 Å². The van der Waals surface area contributed by atoms with Crippen molar-refractivity contribution < 1.29 is 33.8 Å². The number of carbonyl (C=O) groups is 4. The molecule has 2 N–H and O–H groups in total. The van der Waals surface area contributed by atoms with Crippen LogP contribution in [0.5, 0.6) is 0 Å². The number of alkyl halides is 1. The van der Waals surface area contributed by atoms with Gasteiger partial charge in [-0.25, -0.2) is 0 Å². The zero-order valence-corrected chi connectivity index (χ0v) is 28.4. The zero-order chi connectivity index (χ0) is 33.7. The van der Waals surface area contributed by atoms with E-state index in [0.717, 1.165) is 10.8 Å². The molecular formula is C36H44BrN3O7. The van der Waals surface area contributed by atoms with E-state index in [4.69, 9.17) is 9.47 Å². The van der Waals surface area contributed by atoms with Gasteiger partial charge in [0.2, 0.25) is 11.8 Å². The molecule has 1 unspecified atom stereocenters. The van der Waals surface area contributed by atoms with Crippen LogP contribution in [0.15, 0.2) is 67.8 Å². The lowest BCUT2D eigenvalue weighted by atomic mass is 9.70. The molecule has 3 aliphatic heterocycles. The average molecular weight is 711 g/mol. The van der Waals surface area contributed by atoms with Crippen molar-refractivity contribution in [3.63, 3.8) is 0 Å². The highest BCUT2D eigenvalue weighted by Crippen LogP contribution is 2.60. The van der Waals surface area contributed by atoms with Crippen LogP contribution >= 0.6 is 15.9 Å². The molecule has 47 heavy (non-hydrogen) atoms. The van der Waals surface area contributed by atoms with Crippen LogP contribution in [-0.4, -0.2) is 88.6 Å². The number of halogens is 1. The number of allylic oxidation sites excluding steroid dienone is 1. The van der Waals surface area contributed by atoms with Crippen molar-refractivity contribution in [1.29, 1.82) is 0 Å². The minimum atomic E-state index is -1.24. The first kappa shape index (κ1) is 34.8. The molecule has 2 bridgehead atoms. The van der Waals surface area contributed by atoms with E-state index < -0.39 is 41.7 Å². The molecule has 11 heteroatoms. The summed E-state index contributed by atoms with van der Waals surface area (Å²) < 4.78 is 12.4. The molecule has 1 spiro atoms. The van der Waals surface area contributed by atoms with Crippen LogP contribution in [0, 0.1) is 11.8 Å². The van der Waals surface area contributed by atoms with E-state index in [9.17, 15) is 24.3 Å². The van der Waals surface area contributed by atoms with Gasteiger partial charge in [-0.1, -0.05) is 58.4 Å². The summed E-state index contributed by atoms with van der Waals surface area (Å²) in [7, 11) is 0. The number of nitrogens with zero attached hydrogens (tertiary/aromatic N) is 2. The Balaban J connectivity index is 1.45. The van der Waals surface area contributed by atoms with Gasteiger partial charge in [0.05, 0.1) is 24.5 Å². The van der Waals surface area contributed by atoms with Crippen molar-refractivity contribution in [2.24, 2.45) is 11.8 Å². The lowest BCUT2D eigenvalue weighted by Gasteiger charge is -2.37. The number of unbranched alkanes of at least 4 members (excludes halogenated alkanes) is 2. The number of anilines is 1. The molecular weight excluding hydrogens is 666 g/mol. The fourth-order valence-corrected chi connectivity index (χ4v) is 8.27. The van der Waals surface area contributed by atoms with E-state index in [1.54, 1.807) is 28.9 Å². The van der Waals surface area contributed by atoms with Crippen molar-refractivity contribution >= 4 is 56.1 Å². The van der Waals surface area contributed by atoms with Crippen LogP contribution in [-0.2, 0) is 28.7 Å². The van der Waals surface area contributed by atoms with Crippen molar-refractivity contribution in [3.05, 3.63) is 67.8 Å². The summed E-state index contributed by atoms with van der Waals surface area (Å²) in [6.07, 6.45) is 5.05. The third-order valence-electron chi connectivity index (χ3n) is 9.45. The number of nitrogens with one attached hydrogen (secondary N) is 1. The molecule has 2 aromatic rings. The van der Waals surface area contributed by atoms with E-state index in [-0.39, 0.29) is 48.8 Å². The number of hydrogen-bond donors (Lipinski definition) is 2. The maximum Gasteiger partial charge on any atom is 0.312 e. The molecule has 0 radical (unpaired) electrons. The Morgan fingerprint density at radius 1 is 1.17 bits per heavy atom.